The van der Waals surface area contributed by atoms with Crippen molar-refractivity contribution in [3.8, 4) is 0 Å². The van der Waals surface area contributed by atoms with E-state index in [0.717, 1.165) is 36.3 Å². The van der Waals surface area contributed by atoms with Crippen LogP contribution in [-0.4, -0.2) is 23.1 Å². The van der Waals surface area contributed by atoms with Gasteiger partial charge >= 0.3 is 0 Å². The topological polar surface area (TPSA) is 42.1 Å². The maximum Gasteiger partial charge on any atom is 0.129 e. The van der Waals surface area contributed by atoms with E-state index in [9.17, 15) is 0 Å². The summed E-state index contributed by atoms with van der Waals surface area (Å²) in [7, 11) is 0. The number of aromatic nitrogens is 1. The van der Waals surface area contributed by atoms with Crippen molar-refractivity contribution in [3.63, 3.8) is 0 Å². The number of hydrogen-bond donors (Lipinski definition) is 1. The van der Waals surface area contributed by atoms with Gasteiger partial charge in [0.15, 0.2) is 0 Å². The van der Waals surface area contributed by atoms with Crippen molar-refractivity contribution in [3.05, 3.63) is 23.9 Å². The third-order valence-electron chi connectivity index (χ3n) is 4.20. The Morgan fingerprint density at radius 2 is 2.06 bits per heavy atom. The van der Waals surface area contributed by atoms with E-state index in [2.05, 4.69) is 9.88 Å². The number of hydrogen-bond acceptors (Lipinski definition) is 3. The van der Waals surface area contributed by atoms with Gasteiger partial charge in [-0.2, -0.15) is 0 Å². The molecule has 2 bridgehead atoms. The molecule has 2 N–H and O–H groups in total. The van der Waals surface area contributed by atoms with Crippen LogP contribution in [-0.2, 0) is 0 Å². The maximum atomic E-state index is 5.69. The Balaban J connectivity index is 1.82. The fraction of sp³-hybridized carbons (Fsp3) is 0.571. The Kier molecular flexibility index (Phi) is 3.20. The quantitative estimate of drug-likeness (QED) is 0.830. The minimum absolute atomic E-state index is 0.454. The van der Waals surface area contributed by atoms with E-state index in [1.807, 2.05) is 18.3 Å². The van der Waals surface area contributed by atoms with Crippen molar-refractivity contribution in [2.75, 3.05) is 18.0 Å². The zero-order valence-corrected chi connectivity index (χ0v) is 11.3. The molecule has 2 atom stereocenters. The van der Waals surface area contributed by atoms with Crippen molar-refractivity contribution in [2.45, 2.75) is 25.7 Å². The first-order chi connectivity index (χ1) is 8.72. The van der Waals surface area contributed by atoms with Crippen LogP contribution in [0.25, 0.3) is 0 Å². The normalized spacial score (nSPS) is 27.0. The lowest BCUT2D eigenvalue weighted by Crippen LogP contribution is -2.43. The first-order valence-corrected chi connectivity index (χ1v) is 7.14. The number of nitrogens with zero attached hydrogens (tertiary/aromatic N) is 2. The molecule has 1 aromatic rings. The molecule has 96 valence electrons. The molecule has 2 aliphatic rings. The predicted molar refractivity (Wildman–Crippen MR) is 77.8 cm³/mol. The van der Waals surface area contributed by atoms with E-state index < -0.39 is 0 Å². The van der Waals surface area contributed by atoms with Crippen molar-refractivity contribution in [1.29, 1.82) is 0 Å². The largest absolute Gasteiger partial charge is 0.389 e. The van der Waals surface area contributed by atoms with Crippen LogP contribution in [0.2, 0.25) is 0 Å². The summed E-state index contributed by atoms with van der Waals surface area (Å²) in [6.07, 6.45) is 7.38. The predicted octanol–water partition coefficient (Wildman–Crippen LogP) is 2.34. The fourth-order valence-corrected chi connectivity index (χ4v) is 3.49. The molecule has 2 unspecified atom stereocenters. The number of rotatable bonds is 2. The molecule has 1 saturated heterocycles. The second-order valence-corrected chi connectivity index (χ2v) is 6.01. The van der Waals surface area contributed by atoms with Crippen LogP contribution >= 0.6 is 12.2 Å². The van der Waals surface area contributed by atoms with Gasteiger partial charge in [-0.25, -0.2) is 4.98 Å². The van der Waals surface area contributed by atoms with Gasteiger partial charge in [-0.05, 0) is 43.2 Å². The summed E-state index contributed by atoms with van der Waals surface area (Å²) in [6.45, 7) is 2.29. The maximum absolute atomic E-state index is 5.69. The highest BCUT2D eigenvalue weighted by Crippen LogP contribution is 2.35. The van der Waals surface area contributed by atoms with Crippen LogP contribution < -0.4 is 10.6 Å². The molecule has 3 rings (SSSR count). The molecule has 18 heavy (non-hydrogen) atoms. The zero-order valence-electron chi connectivity index (χ0n) is 10.5. The molecule has 1 aliphatic heterocycles. The second-order valence-electron chi connectivity index (χ2n) is 5.57. The second kappa shape index (κ2) is 4.84. The van der Waals surface area contributed by atoms with Crippen LogP contribution in [0.15, 0.2) is 18.3 Å². The van der Waals surface area contributed by atoms with Crippen molar-refractivity contribution >= 4 is 23.0 Å². The zero-order chi connectivity index (χ0) is 12.5. The average Bonchev–Trinajstić information content (AvgIpc) is 2.38. The molecule has 0 spiro atoms. The first kappa shape index (κ1) is 11.9. The van der Waals surface area contributed by atoms with Gasteiger partial charge in [0.2, 0.25) is 0 Å². The third-order valence-corrected chi connectivity index (χ3v) is 4.44. The highest BCUT2D eigenvalue weighted by Gasteiger charge is 2.30. The summed E-state index contributed by atoms with van der Waals surface area (Å²) in [4.78, 5) is 7.35. The van der Waals surface area contributed by atoms with Crippen LogP contribution in [0.1, 0.15) is 31.2 Å². The molecule has 1 saturated carbocycles. The van der Waals surface area contributed by atoms with Crippen molar-refractivity contribution in [2.24, 2.45) is 17.6 Å². The first-order valence-electron chi connectivity index (χ1n) is 6.73. The van der Waals surface area contributed by atoms with Gasteiger partial charge < -0.3 is 10.6 Å². The van der Waals surface area contributed by atoms with Gasteiger partial charge in [-0.3, -0.25) is 0 Å². The monoisotopic (exact) mass is 261 g/mol. The van der Waals surface area contributed by atoms with Crippen LogP contribution in [0.5, 0.6) is 0 Å². The summed E-state index contributed by atoms with van der Waals surface area (Å²) in [5.74, 6) is 2.75. The highest BCUT2D eigenvalue weighted by molar-refractivity contribution is 7.80. The Hall–Kier alpha value is -1.16. The van der Waals surface area contributed by atoms with Gasteiger partial charge in [-0.15, -0.1) is 0 Å². The highest BCUT2D eigenvalue weighted by atomic mass is 32.1. The van der Waals surface area contributed by atoms with Crippen LogP contribution in [0.4, 0.5) is 5.82 Å². The molecule has 0 aromatic carbocycles. The summed E-state index contributed by atoms with van der Waals surface area (Å²) in [6, 6.07) is 3.92. The molecular weight excluding hydrogens is 242 g/mol. The van der Waals surface area contributed by atoms with Gasteiger partial charge in [0, 0.05) is 24.8 Å². The van der Waals surface area contributed by atoms with Gasteiger partial charge in [0.05, 0.1) is 0 Å². The molecule has 3 nitrogen and oxygen atoms in total. The van der Waals surface area contributed by atoms with E-state index in [4.69, 9.17) is 18.0 Å². The molecule has 1 aromatic heterocycles. The van der Waals surface area contributed by atoms with E-state index in [-0.39, 0.29) is 0 Å². The van der Waals surface area contributed by atoms with E-state index in [1.54, 1.807) is 0 Å². The number of piperidine rings is 1. The van der Waals surface area contributed by atoms with Gasteiger partial charge in [0.25, 0.3) is 0 Å². The minimum Gasteiger partial charge on any atom is -0.389 e. The van der Waals surface area contributed by atoms with E-state index in [1.165, 1.54) is 25.7 Å². The third kappa shape index (κ3) is 2.34. The summed E-state index contributed by atoms with van der Waals surface area (Å²) in [5.41, 5.74) is 6.61. The smallest absolute Gasteiger partial charge is 0.129 e. The van der Waals surface area contributed by atoms with Crippen LogP contribution in [0, 0.1) is 11.8 Å². The molecule has 0 amide bonds. The van der Waals surface area contributed by atoms with Crippen molar-refractivity contribution in [1.82, 2.24) is 4.98 Å². The SMILES string of the molecule is NC(=S)c1ccnc(N2CC3CCCC(C3)C2)c1. The number of nitrogens with two attached hydrogens (primary N) is 1. The number of thiocarbonyl (C=S) groups is 1. The molecule has 4 heteroatoms. The number of fused-ring (bicyclic) bond motifs is 2. The van der Waals surface area contributed by atoms with Crippen molar-refractivity contribution < 1.29 is 0 Å². The Morgan fingerprint density at radius 3 is 2.72 bits per heavy atom. The van der Waals surface area contributed by atoms with Gasteiger partial charge in [0.1, 0.15) is 10.8 Å². The molecule has 0 radical (unpaired) electrons. The lowest BCUT2D eigenvalue weighted by molar-refractivity contribution is 0.230. The Morgan fingerprint density at radius 1 is 1.33 bits per heavy atom. The van der Waals surface area contributed by atoms with Crippen LogP contribution in [0.3, 0.4) is 0 Å². The molecule has 2 fully saturated rings. The molecule has 2 heterocycles. The lowest BCUT2D eigenvalue weighted by Gasteiger charge is -2.42. The summed E-state index contributed by atoms with van der Waals surface area (Å²) >= 11 is 5.03. The number of pyridine rings is 1. The number of anilines is 1. The Bertz CT molecular complexity index is 448. The summed E-state index contributed by atoms with van der Waals surface area (Å²) in [5, 5.41) is 0. The molecule has 1 aliphatic carbocycles. The Labute approximate surface area is 113 Å². The standard InChI is InChI=1S/C14H19N3S/c15-14(18)12-4-5-16-13(7-12)17-8-10-2-1-3-11(6-10)9-17/h4-5,7,10-11H,1-3,6,8-9H2,(H2,15,18). The van der Waals surface area contributed by atoms with Gasteiger partial charge in [-0.1, -0.05) is 18.6 Å². The lowest BCUT2D eigenvalue weighted by atomic mass is 9.78. The fourth-order valence-electron chi connectivity index (χ4n) is 3.36. The van der Waals surface area contributed by atoms with E-state index >= 15 is 0 Å². The average molecular weight is 261 g/mol. The van der Waals surface area contributed by atoms with E-state index in [0.29, 0.717) is 4.99 Å². The molecular formula is C14H19N3S. The summed E-state index contributed by atoms with van der Waals surface area (Å²) < 4.78 is 0. The minimum atomic E-state index is 0.454.